The minimum absolute atomic E-state index is 0.0808. The highest BCUT2D eigenvalue weighted by Gasteiger charge is 2.55. The zero-order valence-electron chi connectivity index (χ0n) is 11.7. The molecule has 0 bridgehead atoms. The van der Waals surface area contributed by atoms with Gasteiger partial charge in [0.1, 0.15) is 0 Å². The summed E-state index contributed by atoms with van der Waals surface area (Å²) in [5, 5.41) is 10.2. The van der Waals surface area contributed by atoms with E-state index in [9.17, 15) is 5.11 Å². The average molecular weight is 380 g/mol. The fourth-order valence-corrected chi connectivity index (χ4v) is 5.34. The van der Waals surface area contributed by atoms with Gasteiger partial charge in [0.15, 0.2) is 0 Å². The molecule has 1 spiro atoms. The average Bonchev–Trinajstić information content (AvgIpc) is 2.29. The Hall–Kier alpha value is 0.660. The predicted molar refractivity (Wildman–Crippen MR) is 84.4 cm³/mol. The summed E-state index contributed by atoms with van der Waals surface area (Å²) >= 11 is 7.61. The molecule has 1 nitrogen and oxygen atoms in total. The van der Waals surface area contributed by atoms with E-state index in [2.05, 4.69) is 65.6 Å². The third-order valence-corrected chi connectivity index (χ3v) is 8.50. The van der Waals surface area contributed by atoms with Crippen LogP contribution in [0.4, 0.5) is 0 Å². The highest BCUT2D eigenvalue weighted by molar-refractivity contribution is 9.09. The van der Waals surface area contributed by atoms with Gasteiger partial charge in [0.2, 0.25) is 0 Å². The zero-order valence-corrected chi connectivity index (χ0v) is 14.9. The molecule has 18 heavy (non-hydrogen) atoms. The van der Waals surface area contributed by atoms with Gasteiger partial charge in [-0.25, -0.2) is 0 Å². The highest BCUT2D eigenvalue weighted by atomic mass is 79.9. The van der Waals surface area contributed by atoms with E-state index >= 15 is 0 Å². The van der Waals surface area contributed by atoms with Crippen molar-refractivity contribution >= 4 is 31.9 Å². The molecule has 5 atom stereocenters. The molecule has 0 aliphatic heterocycles. The van der Waals surface area contributed by atoms with E-state index in [4.69, 9.17) is 0 Å². The van der Waals surface area contributed by atoms with E-state index < -0.39 is 0 Å². The Morgan fingerprint density at radius 3 is 2.50 bits per heavy atom. The number of aliphatic hydroxyl groups is 1. The lowest BCUT2D eigenvalue weighted by atomic mass is 9.50. The van der Waals surface area contributed by atoms with Gasteiger partial charge in [0, 0.05) is 4.83 Å². The van der Waals surface area contributed by atoms with Crippen molar-refractivity contribution < 1.29 is 5.11 Å². The molecule has 0 saturated heterocycles. The Labute approximate surface area is 128 Å². The molecule has 0 amide bonds. The van der Waals surface area contributed by atoms with E-state index in [1.807, 2.05) is 0 Å². The Morgan fingerprint density at radius 1 is 1.33 bits per heavy atom. The second kappa shape index (κ2) is 4.89. The van der Waals surface area contributed by atoms with Gasteiger partial charge in [-0.05, 0) is 42.9 Å². The molecule has 0 aromatic rings. The smallest absolute Gasteiger partial charge is 0.0854 e. The van der Waals surface area contributed by atoms with Crippen LogP contribution >= 0.6 is 31.9 Å². The number of aliphatic hydroxyl groups excluding tert-OH is 1. The first-order valence-electron chi connectivity index (χ1n) is 6.87. The van der Waals surface area contributed by atoms with Gasteiger partial charge >= 0.3 is 0 Å². The van der Waals surface area contributed by atoms with Gasteiger partial charge in [0.25, 0.3) is 0 Å². The van der Waals surface area contributed by atoms with Crippen LogP contribution in [0.1, 0.15) is 47.0 Å². The Morgan fingerprint density at radius 2 is 1.94 bits per heavy atom. The SMILES string of the molecule is CC1=C[C@H](O)[C@@H](Br)C(C)(C)[C@]12CC[C@H](C)[C@@H](Br)C2. The van der Waals surface area contributed by atoms with Crippen LogP contribution in [0.2, 0.25) is 0 Å². The molecule has 2 aliphatic rings. The van der Waals surface area contributed by atoms with Crippen LogP contribution in [0.15, 0.2) is 11.6 Å². The van der Waals surface area contributed by atoms with Crippen molar-refractivity contribution in [2.75, 3.05) is 0 Å². The zero-order chi connectivity index (χ0) is 13.7. The fraction of sp³-hybridized carbons (Fsp3) is 0.867. The van der Waals surface area contributed by atoms with Crippen molar-refractivity contribution in [1.29, 1.82) is 0 Å². The molecule has 1 saturated carbocycles. The van der Waals surface area contributed by atoms with Gasteiger partial charge in [-0.15, -0.1) is 0 Å². The minimum Gasteiger partial charge on any atom is -0.388 e. The van der Waals surface area contributed by atoms with Crippen LogP contribution in [0.3, 0.4) is 0 Å². The maximum atomic E-state index is 10.2. The fourth-order valence-electron chi connectivity index (χ4n) is 3.93. The number of halogens is 2. The predicted octanol–water partition coefficient (Wildman–Crippen LogP) is 4.67. The number of hydrogen-bond acceptors (Lipinski definition) is 1. The second-order valence-electron chi connectivity index (χ2n) is 6.78. The number of alkyl halides is 2. The lowest BCUT2D eigenvalue weighted by Crippen LogP contribution is -2.54. The first kappa shape index (κ1) is 15.1. The molecule has 3 heteroatoms. The van der Waals surface area contributed by atoms with Crippen LogP contribution in [-0.4, -0.2) is 20.9 Å². The van der Waals surface area contributed by atoms with Crippen molar-refractivity contribution in [3.05, 3.63) is 11.6 Å². The Kier molecular flexibility index (Phi) is 4.09. The quantitative estimate of drug-likeness (QED) is 0.479. The largest absolute Gasteiger partial charge is 0.388 e. The summed E-state index contributed by atoms with van der Waals surface area (Å²) in [5.74, 6) is 0.750. The van der Waals surface area contributed by atoms with Crippen molar-refractivity contribution in [3.63, 3.8) is 0 Å². The van der Waals surface area contributed by atoms with E-state index in [0.29, 0.717) is 4.83 Å². The van der Waals surface area contributed by atoms with E-state index in [1.165, 1.54) is 24.8 Å². The molecule has 0 heterocycles. The molecule has 0 radical (unpaired) electrons. The molecular weight excluding hydrogens is 356 g/mol. The molecule has 0 unspecified atom stereocenters. The van der Waals surface area contributed by atoms with Crippen molar-refractivity contribution in [2.24, 2.45) is 16.7 Å². The maximum absolute atomic E-state index is 10.2. The lowest BCUT2D eigenvalue weighted by Gasteiger charge is -2.57. The molecule has 2 rings (SSSR count). The van der Waals surface area contributed by atoms with Gasteiger partial charge in [-0.2, -0.15) is 0 Å². The monoisotopic (exact) mass is 378 g/mol. The normalized spacial score (nSPS) is 48.1. The summed E-state index contributed by atoms with van der Waals surface area (Å²) < 4.78 is 0. The van der Waals surface area contributed by atoms with Crippen LogP contribution < -0.4 is 0 Å². The minimum atomic E-state index is -0.362. The summed E-state index contributed by atoms with van der Waals surface area (Å²) in [6, 6.07) is 0. The van der Waals surface area contributed by atoms with Crippen LogP contribution in [0.5, 0.6) is 0 Å². The number of allylic oxidation sites excluding steroid dienone is 1. The molecule has 0 aromatic heterocycles. The van der Waals surface area contributed by atoms with E-state index in [-0.39, 0.29) is 21.8 Å². The highest BCUT2D eigenvalue weighted by Crippen LogP contribution is 2.61. The van der Waals surface area contributed by atoms with Gasteiger partial charge < -0.3 is 5.11 Å². The van der Waals surface area contributed by atoms with Crippen molar-refractivity contribution in [1.82, 2.24) is 0 Å². The van der Waals surface area contributed by atoms with Crippen LogP contribution in [-0.2, 0) is 0 Å². The first-order valence-corrected chi connectivity index (χ1v) is 8.70. The third-order valence-electron chi connectivity index (χ3n) is 5.59. The summed E-state index contributed by atoms with van der Waals surface area (Å²) in [6.07, 6.45) is 5.39. The summed E-state index contributed by atoms with van der Waals surface area (Å²) in [5.41, 5.74) is 1.69. The lowest BCUT2D eigenvalue weighted by molar-refractivity contribution is 0.00940. The van der Waals surface area contributed by atoms with Crippen LogP contribution in [0.25, 0.3) is 0 Å². The van der Waals surface area contributed by atoms with Gasteiger partial charge in [-0.1, -0.05) is 64.3 Å². The number of rotatable bonds is 0. The third kappa shape index (κ3) is 2.05. The van der Waals surface area contributed by atoms with Gasteiger partial charge in [0.05, 0.1) is 10.9 Å². The summed E-state index contributed by atoms with van der Waals surface area (Å²) in [7, 11) is 0. The first-order chi connectivity index (χ1) is 8.22. The molecular formula is C15H24Br2O. The topological polar surface area (TPSA) is 20.2 Å². The maximum Gasteiger partial charge on any atom is 0.0854 e. The van der Waals surface area contributed by atoms with Crippen molar-refractivity contribution in [3.8, 4) is 0 Å². The molecule has 2 aliphatic carbocycles. The van der Waals surface area contributed by atoms with E-state index in [1.54, 1.807) is 0 Å². The Bertz CT molecular complexity index is 364. The second-order valence-corrected chi connectivity index (χ2v) is 8.94. The number of hydrogen-bond donors (Lipinski definition) is 1. The Balaban J connectivity index is 2.44. The van der Waals surface area contributed by atoms with Crippen LogP contribution in [0, 0.1) is 16.7 Å². The summed E-state index contributed by atoms with van der Waals surface area (Å²) in [6.45, 7) is 9.16. The molecule has 1 fully saturated rings. The standard InChI is InChI=1S/C15H24Br2O/c1-9-5-6-15(8-11(9)16)10(2)7-12(18)13(17)14(15,3)4/h7,9,11-13,18H,5-6,8H2,1-4H3/t9-,11-,12-,13+,15-/m0/s1. The van der Waals surface area contributed by atoms with Crippen molar-refractivity contribution in [2.45, 2.75) is 62.7 Å². The summed E-state index contributed by atoms with van der Waals surface area (Å²) in [4.78, 5) is 0.727. The molecule has 1 N–H and O–H groups in total. The van der Waals surface area contributed by atoms with E-state index in [0.717, 1.165) is 5.92 Å². The molecule has 0 aromatic carbocycles. The molecule has 104 valence electrons. The van der Waals surface area contributed by atoms with Gasteiger partial charge in [-0.3, -0.25) is 0 Å².